The molecule has 0 spiro atoms. The molecule has 3 heterocycles. The molecule has 0 saturated carbocycles. The van der Waals surface area contributed by atoms with Crippen LogP contribution in [0.25, 0.3) is 0 Å². The zero-order valence-electron chi connectivity index (χ0n) is 23.0. The molecule has 2 aromatic rings. The minimum atomic E-state index is -1.01. The van der Waals surface area contributed by atoms with Crippen LogP contribution in [-0.4, -0.2) is 110 Å². The Morgan fingerprint density at radius 1 is 0.929 bits per heavy atom. The van der Waals surface area contributed by atoms with E-state index in [1.165, 1.54) is 10.9 Å². The topological polar surface area (TPSA) is 193 Å². The van der Waals surface area contributed by atoms with Gasteiger partial charge >= 0.3 is 0 Å². The maximum absolute atomic E-state index is 13.1. The number of hydrogen-bond acceptors (Lipinski definition) is 11. The lowest BCUT2D eigenvalue weighted by atomic mass is 10.0. The van der Waals surface area contributed by atoms with Crippen LogP contribution < -0.4 is 16.4 Å². The summed E-state index contributed by atoms with van der Waals surface area (Å²) in [5.41, 5.74) is 6.49. The summed E-state index contributed by atoms with van der Waals surface area (Å²) in [4.78, 5) is 61.9. The van der Waals surface area contributed by atoms with E-state index in [0.717, 1.165) is 4.90 Å². The number of nitrogens with zero attached hydrogens (tertiary/aromatic N) is 3. The highest BCUT2D eigenvalue weighted by atomic mass is 16.6. The SMILES string of the molecule is NC(=O)c1ccnn1CCOCCOCCOCCOCCNc1cccc2c1C(=O)N(C1CCC(=O)NC1=O)C2=O. The van der Waals surface area contributed by atoms with Gasteiger partial charge in [-0.05, 0) is 24.6 Å². The van der Waals surface area contributed by atoms with Crippen molar-refractivity contribution >= 4 is 35.2 Å². The number of rotatable bonds is 18. The Morgan fingerprint density at radius 3 is 2.26 bits per heavy atom. The minimum absolute atomic E-state index is 0.0638. The molecule has 15 heteroatoms. The summed E-state index contributed by atoms with van der Waals surface area (Å²) in [6.07, 6.45) is 1.67. The number of primary amides is 1. The van der Waals surface area contributed by atoms with E-state index in [9.17, 15) is 24.0 Å². The molecule has 0 bridgehead atoms. The predicted octanol–water partition coefficient (Wildman–Crippen LogP) is -0.438. The van der Waals surface area contributed by atoms with Crippen molar-refractivity contribution < 1.29 is 42.9 Å². The molecule has 5 amide bonds. The smallest absolute Gasteiger partial charge is 0.266 e. The third-order valence-electron chi connectivity index (χ3n) is 6.56. The molecular formula is C27H34N6O9. The molecule has 1 unspecified atom stereocenters. The first-order valence-electron chi connectivity index (χ1n) is 13.6. The normalized spacial score (nSPS) is 16.6. The van der Waals surface area contributed by atoms with Crippen LogP contribution in [0.4, 0.5) is 5.69 Å². The van der Waals surface area contributed by atoms with Gasteiger partial charge in [-0.3, -0.25) is 38.9 Å². The number of nitrogens with one attached hydrogen (secondary N) is 2. The molecule has 15 nitrogen and oxygen atoms in total. The summed E-state index contributed by atoms with van der Waals surface area (Å²) in [5.74, 6) is -2.72. The summed E-state index contributed by atoms with van der Waals surface area (Å²) < 4.78 is 23.4. The van der Waals surface area contributed by atoms with Crippen molar-refractivity contribution in [2.45, 2.75) is 25.4 Å². The van der Waals surface area contributed by atoms with Crippen LogP contribution in [0.3, 0.4) is 0 Å². The van der Waals surface area contributed by atoms with Gasteiger partial charge in [0, 0.05) is 24.8 Å². The zero-order chi connectivity index (χ0) is 29.9. The Morgan fingerprint density at radius 2 is 1.60 bits per heavy atom. The fraction of sp³-hybridized carbons (Fsp3) is 0.481. The Balaban J connectivity index is 1.03. The van der Waals surface area contributed by atoms with Crippen LogP contribution in [0, 0.1) is 0 Å². The number of benzene rings is 1. The van der Waals surface area contributed by atoms with E-state index in [-0.39, 0.29) is 24.0 Å². The van der Waals surface area contributed by atoms with Crippen molar-refractivity contribution in [3.8, 4) is 0 Å². The van der Waals surface area contributed by atoms with Crippen LogP contribution in [0.2, 0.25) is 0 Å². The van der Waals surface area contributed by atoms with E-state index in [0.29, 0.717) is 77.3 Å². The molecule has 226 valence electrons. The molecule has 42 heavy (non-hydrogen) atoms. The number of amides is 5. The van der Waals surface area contributed by atoms with Crippen LogP contribution in [0.15, 0.2) is 30.5 Å². The van der Waals surface area contributed by atoms with E-state index in [1.807, 2.05) is 0 Å². The fourth-order valence-corrected chi connectivity index (χ4v) is 4.55. The largest absolute Gasteiger partial charge is 0.382 e. The molecule has 1 saturated heterocycles. The highest BCUT2D eigenvalue weighted by molar-refractivity contribution is 6.25. The fourth-order valence-electron chi connectivity index (χ4n) is 4.55. The molecule has 1 atom stereocenters. The second kappa shape index (κ2) is 15.2. The van der Waals surface area contributed by atoms with E-state index >= 15 is 0 Å². The van der Waals surface area contributed by atoms with Gasteiger partial charge in [0.2, 0.25) is 11.8 Å². The minimum Gasteiger partial charge on any atom is -0.382 e. The molecule has 1 aromatic heterocycles. The second-order valence-corrected chi connectivity index (χ2v) is 9.36. The molecule has 2 aliphatic rings. The van der Waals surface area contributed by atoms with Crippen LogP contribution in [0.1, 0.15) is 44.0 Å². The van der Waals surface area contributed by atoms with Crippen molar-refractivity contribution in [1.82, 2.24) is 20.0 Å². The number of hydrogen-bond donors (Lipinski definition) is 3. The molecule has 1 aromatic carbocycles. The first-order chi connectivity index (χ1) is 20.4. The third kappa shape index (κ3) is 7.76. The van der Waals surface area contributed by atoms with Crippen molar-refractivity contribution in [3.05, 3.63) is 47.3 Å². The lowest BCUT2D eigenvalue weighted by molar-refractivity contribution is -0.136. The first kappa shape index (κ1) is 30.8. The highest BCUT2D eigenvalue weighted by Gasteiger charge is 2.45. The Hall–Kier alpha value is -4.18. The van der Waals surface area contributed by atoms with E-state index in [4.69, 9.17) is 24.7 Å². The molecule has 1 fully saturated rings. The molecule has 4 N–H and O–H groups in total. The molecule has 0 radical (unpaired) electrons. The average Bonchev–Trinajstić information content (AvgIpc) is 3.54. The number of imide groups is 2. The predicted molar refractivity (Wildman–Crippen MR) is 146 cm³/mol. The Bertz CT molecular complexity index is 1300. The maximum Gasteiger partial charge on any atom is 0.266 e. The van der Waals surface area contributed by atoms with Gasteiger partial charge in [0.25, 0.3) is 17.7 Å². The zero-order valence-corrected chi connectivity index (χ0v) is 23.0. The van der Waals surface area contributed by atoms with Crippen LogP contribution in [0.5, 0.6) is 0 Å². The lowest BCUT2D eigenvalue weighted by Gasteiger charge is -2.27. The Kier molecular flexibility index (Phi) is 11.1. The van der Waals surface area contributed by atoms with E-state index in [2.05, 4.69) is 15.7 Å². The van der Waals surface area contributed by atoms with Crippen molar-refractivity contribution in [1.29, 1.82) is 0 Å². The number of carbonyl (C=O) groups is 5. The van der Waals surface area contributed by atoms with Crippen molar-refractivity contribution in [3.63, 3.8) is 0 Å². The van der Waals surface area contributed by atoms with Crippen molar-refractivity contribution in [2.75, 3.05) is 64.7 Å². The summed E-state index contributed by atoms with van der Waals surface area (Å²) in [5, 5.41) is 9.32. The summed E-state index contributed by atoms with van der Waals surface area (Å²) in [6, 6.07) is 5.43. The average molecular weight is 587 g/mol. The van der Waals surface area contributed by atoms with Gasteiger partial charge in [0.05, 0.1) is 70.5 Å². The number of ether oxygens (including phenoxy) is 4. The van der Waals surface area contributed by atoms with Gasteiger partial charge in [-0.15, -0.1) is 0 Å². The van der Waals surface area contributed by atoms with Gasteiger partial charge in [0.1, 0.15) is 11.7 Å². The third-order valence-corrected chi connectivity index (χ3v) is 6.56. The standard InChI is InChI=1S/C27H34N6O9/c28-24(35)20-6-7-30-32(20)9-11-40-13-15-42-17-16-41-14-12-39-10-8-29-19-3-1-2-18-23(19)27(38)33(26(18)37)21-4-5-22(34)31-25(21)36/h1-3,6-7,21,29H,4-5,8-17H2,(H2,28,35)(H,31,34,36). The van der Waals surface area contributed by atoms with Crippen molar-refractivity contribution in [2.24, 2.45) is 5.73 Å². The maximum atomic E-state index is 13.1. The van der Waals surface area contributed by atoms with Gasteiger partial charge < -0.3 is 30.0 Å². The molecular weight excluding hydrogens is 552 g/mol. The number of carbonyl (C=O) groups excluding carboxylic acids is 5. The highest BCUT2D eigenvalue weighted by Crippen LogP contribution is 2.32. The number of fused-ring (bicyclic) bond motifs is 1. The van der Waals surface area contributed by atoms with Gasteiger partial charge in [-0.1, -0.05) is 6.07 Å². The van der Waals surface area contributed by atoms with Crippen LogP contribution >= 0.6 is 0 Å². The van der Waals surface area contributed by atoms with Gasteiger partial charge in [-0.25, -0.2) is 0 Å². The molecule has 4 rings (SSSR count). The summed E-state index contributed by atoms with van der Waals surface area (Å²) in [7, 11) is 0. The number of piperidine rings is 1. The number of anilines is 1. The van der Waals surface area contributed by atoms with E-state index < -0.39 is 35.6 Å². The number of aromatic nitrogens is 2. The summed E-state index contributed by atoms with van der Waals surface area (Å²) in [6.45, 7) is 3.82. The van der Waals surface area contributed by atoms with Crippen LogP contribution in [-0.2, 0) is 35.1 Å². The number of nitrogens with two attached hydrogens (primary N) is 1. The Labute approximate surface area is 241 Å². The molecule has 2 aliphatic heterocycles. The monoisotopic (exact) mass is 586 g/mol. The lowest BCUT2D eigenvalue weighted by Crippen LogP contribution is -2.54. The quantitative estimate of drug-likeness (QED) is 0.151. The van der Waals surface area contributed by atoms with E-state index in [1.54, 1.807) is 24.3 Å². The van der Waals surface area contributed by atoms with Gasteiger partial charge in [-0.2, -0.15) is 5.10 Å². The molecule has 0 aliphatic carbocycles. The second-order valence-electron chi connectivity index (χ2n) is 9.36. The van der Waals surface area contributed by atoms with Gasteiger partial charge in [0.15, 0.2) is 0 Å². The first-order valence-corrected chi connectivity index (χ1v) is 13.6. The summed E-state index contributed by atoms with van der Waals surface area (Å²) >= 11 is 0.